The lowest BCUT2D eigenvalue weighted by Crippen LogP contribution is -2.53. The average Bonchev–Trinajstić information content (AvgIpc) is 2.10. The molecule has 1 fully saturated rings. The Morgan fingerprint density at radius 2 is 2.00 bits per heavy atom. The van der Waals surface area contributed by atoms with E-state index >= 15 is 0 Å². The molecule has 1 aliphatic rings. The molecule has 0 aromatic carbocycles. The van der Waals surface area contributed by atoms with Crippen molar-refractivity contribution in [2.75, 3.05) is 6.54 Å². The van der Waals surface area contributed by atoms with Crippen molar-refractivity contribution < 1.29 is 13.2 Å². The minimum absolute atomic E-state index is 0. The van der Waals surface area contributed by atoms with E-state index in [0.717, 1.165) is 6.92 Å². The third-order valence-electron chi connectivity index (χ3n) is 1.65. The maximum atomic E-state index is 12.1. The SMILES string of the molecule is Br.C[C@]1(C(F)(F)F)CNC(=N)N1. The standard InChI is InChI=1S/C5H8F3N3.BrH/c1-4(5(6,7)8)2-10-3(9)11-4;/h2H2,1H3,(H3,9,10,11);1H/t4-;/m1./s1. The van der Waals surface area contributed by atoms with Crippen LogP contribution in [0.1, 0.15) is 6.92 Å². The quantitative estimate of drug-likeness (QED) is 0.599. The van der Waals surface area contributed by atoms with Crippen LogP contribution in [0.4, 0.5) is 13.2 Å². The van der Waals surface area contributed by atoms with Gasteiger partial charge < -0.3 is 10.6 Å². The van der Waals surface area contributed by atoms with Crippen LogP contribution in [0, 0.1) is 5.41 Å². The van der Waals surface area contributed by atoms with Crippen LogP contribution >= 0.6 is 17.0 Å². The summed E-state index contributed by atoms with van der Waals surface area (Å²) in [5, 5.41) is 11.1. The van der Waals surface area contributed by atoms with E-state index in [4.69, 9.17) is 5.41 Å². The summed E-state index contributed by atoms with van der Waals surface area (Å²) in [5.74, 6) is -0.273. The molecule has 0 unspecified atom stereocenters. The van der Waals surface area contributed by atoms with Crippen LogP contribution in [-0.2, 0) is 0 Å². The van der Waals surface area contributed by atoms with Gasteiger partial charge >= 0.3 is 6.18 Å². The summed E-state index contributed by atoms with van der Waals surface area (Å²) in [6, 6.07) is 0. The van der Waals surface area contributed by atoms with Crippen LogP contribution in [0.15, 0.2) is 0 Å². The largest absolute Gasteiger partial charge is 0.412 e. The van der Waals surface area contributed by atoms with Gasteiger partial charge in [-0.05, 0) is 6.92 Å². The summed E-state index contributed by atoms with van der Waals surface area (Å²) >= 11 is 0. The molecular weight excluding hydrogens is 239 g/mol. The van der Waals surface area contributed by atoms with Crippen molar-refractivity contribution in [2.24, 2.45) is 0 Å². The number of hydrogen-bond acceptors (Lipinski definition) is 1. The Bertz CT molecular complexity index is 193. The molecule has 0 aromatic heterocycles. The van der Waals surface area contributed by atoms with Gasteiger partial charge in [-0.15, -0.1) is 17.0 Å². The summed E-state index contributed by atoms with van der Waals surface area (Å²) in [4.78, 5) is 0. The minimum Gasteiger partial charge on any atom is -0.354 e. The van der Waals surface area contributed by atoms with Gasteiger partial charge in [0.05, 0.1) is 0 Å². The molecule has 0 aromatic rings. The molecule has 72 valence electrons. The molecule has 1 aliphatic heterocycles. The molecule has 0 amide bonds. The Morgan fingerprint density at radius 1 is 1.50 bits per heavy atom. The van der Waals surface area contributed by atoms with Crippen molar-refractivity contribution in [2.45, 2.75) is 18.6 Å². The minimum atomic E-state index is -4.32. The lowest BCUT2D eigenvalue weighted by molar-refractivity contribution is -0.181. The van der Waals surface area contributed by atoms with E-state index in [1.165, 1.54) is 0 Å². The topological polar surface area (TPSA) is 47.9 Å². The molecule has 1 saturated heterocycles. The van der Waals surface area contributed by atoms with E-state index < -0.39 is 11.7 Å². The fourth-order valence-electron chi connectivity index (χ4n) is 0.801. The van der Waals surface area contributed by atoms with E-state index in [1.54, 1.807) is 0 Å². The normalized spacial score (nSPS) is 28.8. The highest BCUT2D eigenvalue weighted by atomic mass is 79.9. The van der Waals surface area contributed by atoms with Gasteiger partial charge in [0.15, 0.2) is 11.5 Å². The Labute approximate surface area is 78.0 Å². The third kappa shape index (κ3) is 1.82. The van der Waals surface area contributed by atoms with E-state index in [0.29, 0.717) is 0 Å². The van der Waals surface area contributed by atoms with Gasteiger partial charge in [-0.1, -0.05) is 0 Å². The zero-order chi connectivity index (χ0) is 8.70. The van der Waals surface area contributed by atoms with Crippen molar-refractivity contribution in [3.8, 4) is 0 Å². The predicted octanol–water partition coefficient (Wildman–Crippen LogP) is 1.01. The van der Waals surface area contributed by atoms with Crippen molar-refractivity contribution in [3.05, 3.63) is 0 Å². The predicted molar refractivity (Wildman–Crippen MR) is 43.6 cm³/mol. The molecule has 0 bridgehead atoms. The lowest BCUT2D eigenvalue weighted by Gasteiger charge is -2.25. The van der Waals surface area contributed by atoms with Crippen LogP contribution in [-0.4, -0.2) is 24.2 Å². The zero-order valence-corrected chi connectivity index (χ0v) is 7.96. The highest BCUT2D eigenvalue weighted by Gasteiger charge is 2.54. The van der Waals surface area contributed by atoms with Gasteiger partial charge in [-0.2, -0.15) is 13.2 Å². The Balaban J connectivity index is 0.00000121. The average molecular weight is 248 g/mol. The molecule has 7 heteroatoms. The Morgan fingerprint density at radius 3 is 2.17 bits per heavy atom. The number of guanidine groups is 1. The summed E-state index contributed by atoms with van der Waals surface area (Å²) in [5.41, 5.74) is -1.98. The van der Waals surface area contributed by atoms with Gasteiger partial charge in [-0.25, -0.2) is 0 Å². The second-order valence-electron chi connectivity index (χ2n) is 2.68. The van der Waals surface area contributed by atoms with E-state index in [2.05, 4.69) is 5.32 Å². The smallest absolute Gasteiger partial charge is 0.354 e. The monoisotopic (exact) mass is 247 g/mol. The van der Waals surface area contributed by atoms with E-state index in [1.807, 2.05) is 5.32 Å². The molecule has 0 aliphatic carbocycles. The first kappa shape index (κ1) is 11.5. The maximum Gasteiger partial charge on any atom is 0.412 e. The van der Waals surface area contributed by atoms with Crippen LogP contribution in [0.25, 0.3) is 0 Å². The molecule has 0 saturated carbocycles. The van der Waals surface area contributed by atoms with Crippen LogP contribution in [0.5, 0.6) is 0 Å². The zero-order valence-electron chi connectivity index (χ0n) is 6.25. The first-order chi connectivity index (χ1) is 4.85. The van der Waals surface area contributed by atoms with Crippen LogP contribution in [0.2, 0.25) is 0 Å². The fourth-order valence-corrected chi connectivity index (χ4v) is 0.801. The first-order valence-corrected chi connectivity index (χ1v) is 3.02. The molecule has 3 N–H and O–H groups in total. The fraction of sp³-hybridized carbons (Fsp3) is 0.800. The van der Waals surface area contributed by atoms with Gasteiger partial charge in [-0.3, -0.25) is 5.41 Å². The summed E-state index contributed by atoms with van der Waals surface area (Å²) in [7, 11) is 0. The number of alkyl halides is 3. The second kappa shape index (κ2) is 3.12. The molecule has 0 radical (unpaired) electrons. The number of hydrogen-bond donors (Lipinski definition) is 3. The first-order valence-electron chi connectivity index (χ1n) is 3.02. The van der Waals surface area contributed by atoms with Gasteiger partial charge in [0.2, 0.25) is 0 Å². The van der Waals surface area contributed by atoms with Gasteiger partial charge in [0, 0.05) is 6.54 Å². The molecule has 1 rings (SSSR count). The summed E-state index contributed by atoms with van der Waals surface area (Å²) in [6.07, 6.45) is -4.32. The second-order valence-corrected chi connectivity index (χ2v) is 2.68. The molecule has 1 atom stereocenters. The molecule has 12 heavy (non-hydrogen) atoms. The molecule has 3 nitrogen and oxygen atoms in total. The molecule has 0 spiro atoms. The number of rotatable bonds is 0. The number of nitrogens with one attached hydrogen (secondary N) is 3. The van der Waals surface area contributed by atoms with Crippen molar-refractivity contribution in [3.63, 3.8) is 0 Å². The van der Waals surface area contributed by atoms with Gasteiger partial charge in [0.25, 0.3) is 0 Å². The summed E-state index contributed by atoms with van der Waals surface area (Å²) in [6.45, 7) is 0.733. The van der Waals surface area contributed by atoms with E-state index in [-0.39, 0.29) is 29.5 Å². The summed E-state index contributed by atoms with van der Waals surface area (Å²) < 4.78 is 36.4. The van der Waals surface area contributed by atoms with Gasteiger partial charge in [0.1, 0.15) is 0 Å². The Hall–Kier alpha value is -0.460. The highest BCUT2D eigenvalue weighted by molar-refractivity contribution is 8.93. The molecule has 1 heterocycles. The van der Waals surface area contributed by atoms with E-state index in [9.17, 15) is 13.2 Å². The van der Waals surface area contributed by atoms with Crippen LogP contribution in [0.3, 0.4) is 0 Å². The van der Waals surface area contributed by atoms with Crippen molar-refractivity contribution >= 4 is 22.9 Å². The maximum absolute atomic E-state index is 12.1. The molecular formula is C5H9BrF3N3. The van der Waals surface area contributed by atoms with Crippen molar-refractivity contribution in [1.29, 1.82) is 5.41 Å². The van der Waals surface area contributed by atoms with Crippen molar-refractivity contribution in [1.82, 2.24) is 10.6 Å². The number of halogens is 4. The Kier molecular flexibility index (Phi) is 3.00. The third-order valence-corrected chi connectivity index (χ3v) is 1.65. The van der Waals surface area contributed by atoms with Crippen LogP contribution < -0.4 is 10.6 Å². The highest BCUT2D eigenvalue weighted by Crippen LogP contribution is 2.30. The lowest BCUT2D eigenvalue weighted by atomic mass is 10.0.